The molecule has 726 valence electrons. The average molecular weight is 1890 g/mol. The van der Waals surface area contributed by atoms with E-state index in [1.165, 1.54) is 167 Å². The van der Waals surface area contributed by atoms with Gasteiger partial charge in [0.25, 0.3) is 0 Å². The Hall–Kier alpha value is -14.9. The smallest absolute Gasteiger partial charge is 0.182 e. The van der Waals surface area contributed by atoms with Crippen LogP contribution in [0.1, 0.15) is 202 Å². The van der Waals surface area contributed by atoms with Crippen LogP contribution in [0.15, 0.2) is 182 Å². The number of hydrogen-bond donors (Lipinski definition) is 0. The highest BCUT2D eigenvalue weighted by Gasteiger charge is 2.28. The maximum Gasteiger partial charge on any atom is 0.182 e. The monoisotopic (exact) mass is 1890 g/mol. The molecule has 18 aromatic rings. The molecule has 0 radical (unpaired) electrons. The number of benzene rings is 10. The third kappa shape index (κ3) is 20.4. The number of hydrogen-bond acceptors (Lipinski definition) is 12. The average Bonchev–Trinajstić information content (AvgIpc) is 0.751. The van der Waals surface area contributed by atoms with Crippen LogP contribution in [0.4, 0.5) is 0 Å². The summed E-state index contributed by atoms with van der Waals surface area (Å²) in [5.41, 5.74) is 68.6. The van der Waals surface area contributed by atoms with E-state index in [-0.39, 0.29) is 0 Å². The lowest BCUT2D eigenvalue weighted by molar-refractivity contribution is 1.00. The fourth-order valence-electron chi connectivity index (χ4n) is 19.8. The summed E-state index contributed by atoms with van der Waals surface area (Å²) in [7, 11) is 0. The Kier molecular flexibility index (Phi) is 28.9. The molecule has 0 bridgehead atoms. The van der Waals surface area contributed by atoms with Crippen LogP contribution in [0.5, 0.6) is 0 Å². The van der Waals surface area contributed by atoms with Crippen molar-refractivity contribution in [3.05, 3.63) is 384 Å². The van der Waals surface area contributed by atoms with Gasteiger partial charge in [0.05, 0.1) is 0 Å². The molecule has 0 saturated carbocycles. The fourth-order valence-corrected chi connectivity index (χ4v) is 19.8. The number of rotatable bonds is 15. The molecule has 0 aliphatic rings. The van der Waals surface area contributed by atoms with E-state index >= 15 is 0 Å². The molecule has 0 spiro atoms. The standard InChI is InChI=1S/C46H48N2.2C43H45N5/c1-25-13-15-37(17-27(25)3)39-19-40(38-16-14-26(2)28(4)18-38)21-41(20-39)42-22-43(45-29(5)33(9)47-34(10)30(45)6)24-44(23-42)46-31(7)35(11)48-36(12)32(46)8;1-22-13-15-34(17-24(22)3)36-19-37(35-16-14-23(2)25(4)18-35)21-38(20-36)41-46-42(39-28(7)26(5)30(9)44-32(39)11)48-43(47-41)40-29(8)27(6)31(10)45-33(40)12;1-22-13-15-34(17-24(22)3)36-19-37(35-16-14-23(2)25(4)18-35)21-38(20-36)41-46-42(39-30(9)26(5)28(7)32(11)44-39)48-43(47-41)40-31(10)27(6)29(8)33(12)45-40/h13-24H,1-12H3;2*13-21H,1-12H3. The van der Waals surface area contributed by atoms with Gasteiger partial charge in [-0.3, -0.25) is 19.9 Å². The van der Waals surface area contributed by atoms with Gasteiger partial charge in [-0.2, -0.15) is 0 Å². The Labute approximate surface area is 855 Å². The van der Waals surface area contributed by atoms with Crippen LogP contribution < -0.4 is 0 Å². The topological polar surface area (TPSA) is 155 Å². The van der Waals surface area contributed by atoms with Gasteiger partial charge in [-0.1, -0.05) is 109 Å². The lowest BCUT2D eigenvalue weighted by Gasteiger charge is -2.20. The van der Waals surface area contributed by atoms with Gasteiger partial charge in [0, 0.05) is 79.2 Å². The molecule has 144 heavy (non-hydrogen) atoms. The van der Waals surface area contributed by atoms with Gasteiger partial charge >= 0.3 is 0 Å². The predicted octanol–water partition coefficient (Wildman–Crippen LogP) is 33.9. The van der Waals surface area contributed by atoms with Crippen molar-refractivity contribution in [3.63, 3.8) is 0 Å². The summed E-state index contributed by atoms with van der Waals surface area (Å²) in [5.74, 6) is 3.59. The molecule has 0 aliphatic carbocycles. The number of pyridine rings is 6. The van der Waals surface area contributed by atoms with E-state index in [1.54, 1.807) is 0 Å². The molecule has 0 unspecified atom stereocenters. The molecule has 0 N–H and O–H groups in total. The first-order valence-electron chi connectivity index (χ1n) is 50.5. The minimum absolute atomic E-state index is 0.556. The van der Waals surface area contributed by atoms with E-state index in [9.17, 15) is 0 Å². The normalized spacial score (nSPS) is 11.3. The molecular weight excluding hydrogens is 1750 g/mol. The zero-order chi connectivity index (χ0) is 104. The highest BCUT2D eigenvalue weighted by molar-refractivity contribution is 5.91. The number of aromatic nitrogens is 12. The highest BCUT2D eigenvalue weighted by Crippen LogP contribution is 2.46. The number of aryl methyl sites for hydroxylation is 22. The van der Waals surface area contributed by atoms with E-state index in [0.717, 1.165) is 168 Å². The zero-order valence-corrected chi connectivity index (χ0v) is 91.7. The second kappa shape index (κ2) is 40.9. The lowest BCUT2D eigenvalue weighted by atomic mass is 9.85. The van der Waals surface area contributed by atoms with Crippen molar-refractivity contribution >= 4 is 0 Å². The first-order chi connectivity index (χ1) is 68.2. The van der Waals surface area contributed by atoms with Crippen LogP contribution in [0.3, 0.4) is 0 Å². The molecule has 0 fully saturated rings. The Morgan fingerprint density at radius 2 is 0.285 bits per heavy atom. The van der Waals surface area contributed by atoms with Crippen molar-refractivity contribution < 1.29 is 0 Å². The Balaban J connectivity index is 0.000000155. The zero-order valence-electron chi connectivity index (χ0n) is 91.7. The van der Waals surface area contributed by atoms with Gasteiger partial charge in [-0.05, 0) is 567 Å². The van der Waals surface area contributed by atoms with Gasteiger partial charge in [-0.15, -0.1) is 0 Å². The maximum absolute atomic E-state index is 5.24. The van der Waals surface area contributed by atoms with Gasteiger partial charge in [-0.25, -0.2) is 39.9 Å². The second-order valence-corrected chi connectivity index (χ2v) is 41.1. The van der Waals surface area contributed by atoms with Gasteiger partial charge < -0.3 is 0 Å². The predicted molar refractivity (Wildman–Crippen MR) is 605 cm³/mol. The molecule has 18 rings (SSSR count). The summed E-state index contributed by atoms with van der Waals surface area (Å²) < 4.78 is 0. The Morgan fingerprint density at radius 1 is 0.104 bits per heavy atom. The van der Waals surface area contributed by atoms with Crippen LogP contribution in [0.2, 0.25) is 0 Å². The van der Waals surface area contributed by atoms with Crippen LogP contribution in [0.25, 0.3) is 169 Å². The third-order valence-corrected chi connectivity index (χ3v) is 31.6. The van der Waals surface area contributed by atoms with Gasteiger partial charge in [0.1, 0.15) is 11.4 Å². The second-order valence-electron chi connectivity index (χ2n) is 41.1. The van der Waals surface area contributed by atoms with Crippen LogP contribution >= 0.6 is 0 Å². The van der Waals surface area contributed by atoms with E-state index in [1.807, 2.05) is 13.8 Å². The Bertz CT molecular complexity index is 7790. The quantitative estimate of drug-likeness (QED) is 0.0959. The largest absolute Gasteiger partial charge is 0.258 e. The summed E-state index contributed by atoms with van der Waals surface area (Å²) >= 11 is 0. The minimum Gasteiger partial charge on any atom is -0.258 e. The summed E-state index contributed by atoms with van der Waals surface area (Å²) in [6.45, 7) is 77.0. The molecule has 0 atom stereocenters. The van der Waals surface area contributed by atoms with Crippen molar-refractivity contribution in [3.8, 4) is 169 Å². The van der Waals surface area contributed by atoms with Crippen LogP contribution in [-0.4, -0.2) is 59.8 Å². The van der Waals surface area contributed by atoms with Crippen molar-refractivity contribution in [2.75, 3.05) is 0 Å². The molecule has 10 aromatic carbocycles. The molecule has 8 aromatic heterocycles. The van der Waals surface area contributed by atoms with E-state index in [2.05, 4.69) is 417 Å². The lowest BCUT2D eigenvalue weighted by Crippen LogP contribution is -2.08. The van der Waals surface area contributed by atoms with Crippen molar-refractivity contribution in [2.24, 2.45) is 0 Å². The molecule has 0 aliphatic heterocycles. The first-order valence-corrected chi connectivity index (χ1v) is 50.5. The molecule has 0 saturated heterocycles. The van der Waals surface area contributed by atoms with E-state index < -0.39 is 0 Å². The minimum atomic E-state index is 0.556. The van der Waals surface area contributed by atoms with E-state index in [0.29, 0.717) is 34.9 Å². The van der Waals surface area contributed by atoms with Crippen molar-refractivity contribution in [2.45, 2.75) is 249 Å². The molecular formula is C132H138N12. The molecule has 12 heteroatoms. The summed E-state index contributed by atoms with van der Waals surface area (Å²) in [6, 6.07) is 68.0. The first kappa shape index (κ1) is 102. The van der Waals surface area contributed by atoms with Gasteiger partial charge in [0.15, 0.2) is 34.9 Å². The SMILES string of the molecule is Cc1ccc(-c2cc(-c3cc(-c4c(C)c(C)nc(C)c4C)cc(-c4c(C)c(C)nc(C)c4C)c3)cc(-c3ccc(C)c(C)c3)c2)cc1C.Cc1ccc(-c2cc(-c3ccc(C)c(C)c3)cc(-c3nc(-c4c(C)nc(C)c(C)c4C)nc(-c4c(C)nc(C)c(C)c4C)n3)c2)cc1C.Cc1ccc(-c2cc(-c3ccc(C)c(C)c3)cc(-c3nc(-c4nc(C)c(C)c(C)c4C)nc(-c4nc(C)c(C)c(C)c4C)n3)c2)cc1C. The molecule has 12 nitrogen and oxygen atoms in total. The number of nitrogens with zero attached hydrogens (tertiary/aromatic N) is 12. The Morgan fingerprint density at radius 3 is 0.535 bits per heavy atom. The summed E-state index contributed by atoms with van der Waals surface area (Å²) in [5, 5.41) is 0. The van der Waals surface area contributed by atoms with E-state index in [4.69, 9.17) is 59.8 Å². The summed E-state index contributed by atoms with van der Waals surface area (Å²) in [6.07, 6.45) is 0. The maximum atomic E-state index is 5.24. The molecule has 0 amide bonds. The van der Waals surface area contributed by atoms with Crippen molar-refractivity contribution in [1.29, 1.82) is 0 Å². The molecule has 8 heterocycles. The third-order valence-electron chi connectivity index (χ3n) is 31.6. The highest BCUT2D eigenvalue weighted by atomic mass is 15.1. The van der Waals surface area contributed by atoms with Crippen LogP contribution in [0, 0.1) is 249 Å². The summed E-state index contributed by atoms with van der Waals surface area (Å²) in [4.78, 5) is 60.8. The van der Waals surface area contributed by atoms with Crippen LogP contribution in [-0.2, 0) is 0 Å². The van der Waals surface area contributed by atoms with Crippen molar-refractivity contribution in [1.82, 2.24) is 59.8 Å². The van der Waals surface area contributed by atoms with Gasteiger partial charge in [0.2, 0.25) is 0 Å². The fraction of sp³-hybridized carbons (Fsp3) is 0.273.